The second kappa shape index (κ2) is 9.09. The summed E-state index contributed by atoms with van der Waals surface area (Å²) < 4.78 is 0. The number of aromatic nitrogens is 3. The van der Waals surface area contributed by atoms with Crippen LogP contribution >= 0.6 is 0 Å². The van der Waals surface area contributed by atoms with E-state index in [4.69, 9.17) is 15.7 Å². The van der Waals surface area contributed by atoms with E-state index in [-0.39, 0.29) is 5.92 Å². The average molecular weight is 432 g/mol. The molecule has 33 heavy (non-hydrogen) atoms. The number of hydrogen-bond acceptors (Lipinski definition) is 5. The monoisotopic (exact) mass is 431 g/mol. The first-order valence-electron chi connectivity index (χ1n) is 11.0. The number of nitrogens with two attached hydrogens (primary N) is 1. The maximum atomic E-state index is 5.85. The van der Waals surface area contributed by atoms with Crippen LogP contribution in [0.1, 0.15) is 22.7 Å². The number of aryl methyl sites for hydroxylation is 1. The van der Waals surface area contributed by atoms with Crippen LogP contribution in [0.25, 0.3) is 22.3 Å². The molecule has 2 heterocycles. The minimum absolute atomic E-state index is 0.185. The lowest BCUT2D eigenvalue weighted by Gasteiger charge is -2.20. The van der Waals surface area contributed by atoms with Crippen molar-refractivity contribution in [3.05, 3.63) is 114 Å². The van der Waals surface area contributed by atoms with E-state index >= 15 is 0 Å². The zero-order valence-electron chi connectivity index (χ0n) is 18.4. The van der Waals surface area contributed by atoms with Gasteiger partial charge in [-0.25, -0.2) is 15.0 Å². The molecule has 3 aromatic carbocycles. The van der Waals surface area contributed by atoms with E-state index in [2.05, 4.69) is 64.9 Å². The van der Waals surface area contributed by atoms with Gasteiger partial charge < -0.3 is 11.1 Å². The number of nitrogen functional groups attached to an aromatic ring is 1. The van der Waals surface area contributed by atoms with Crippen LogP contribution in [0, 0.1) is 6.92 Å². The Hall–Kier alpha value is -4.25. The molecule has 0 aliphatic heterocycles. The fourth-order valence-corrected chi connectivity index (χ4v) is 4.15. The first-order chi connectivity index (χ1) is 16.2. The molecule has 0 amide bonds. The zero-order chi connectivity index (χ0) is 22.6. The van der Waals surface area contributed by atoms with Gasteiger partial charge in [-0.05, 0) is 42.3 Å². The van der Waals surface area contributed by atoms with Crippen molar-refractivity contribution in [2.24, 2.45) is 0 Å². The zero-order valence-corrected chi connectivity index (χ0v) is 18.4. The van der Waals surface area contributed by atoms with Crippen molar-refractivity contribution in [3.8, 4) is 11.4 Å². The third kappa shape index (κ3) is 4.39. The number of nitrogens with one attached hydrogen (secondary N) is 1. The van der Waals surface area contributed by atoms with Crippen LogP contribution in [0.3, 0.4) is 0 Å². The standard InChI is InChI=1S/C28H25N5/c1-19-22(16-17-26(29)31-19)28-32-25-15-9-8-14-23(25)27(33-28)30-18-24(20-10-4-2-5-11-20)21-12-6-3-7-13-21/h2-17,24H,18H2,1H3,(H2,29,31)(H,30,32,33). The summed E-state index contributed by atoms with van der Waals surface area (Å²) in [6.45, 7) is 2.63. The Morgan fingerprint density at radius 2 is 1.36 bits per heavy atom. The molecule has 0 aliphatic rings. The molecule has 0 saturated carbocycles. The number of hydrogen-bond donors (Lipinski definition) is 2. The summed E-state index contributed by atoms with van der Waals surface area (Å²) in [5, 5.41) is 4.62. The highest BCUT2D eigenvalue weighted by Crippen LogP contribution is 2.29. The summed E-state index contributed by atoms with van der Waals surface area (Å²) in [5.74, 6) is 2.12. The average Bonchev–Trinajstić information content (AvgIpc) is 2.85. The topological polar surface area (TPSA) is 76.7 Å². The number of para-hydroxylation sites is 1. The molecule has 0 spiro atoms. The van der Waals surface area contributed by atoms with Crippen LogP contribution < -0.4 is 11.1 Å². The fourth-order valence-electron chi connectivity index (χ4n) is 4.15. The van der Waals surface area contributed by atoms with Crippen molar-refractivity contribution < 1.29 is 0 Å². The number of pyridine rings is 1. The van der Waals surface area contributed by atoms with Gasteiger partial charge in [-0.3, -0.25) is 0 Å². The second-order valence-electron chi connectivity index (χ2n) is 8.04. The van der Waals surface area contributed by atoms with E-state index in [0.717, 1.165) is 28.0 Å². The Balaban J connectivity index is 1.55. The van der Waals surface area contributed by atoms with Crippen LogP contribution in [-0.2, 0) is 0 Å². The molecule has 5 heteroatoms. The lowest BCUT2D eigenvalue weighted by molar-refractivity contribution is 0.849. The SMILES string of the molecule is Cc1nc(N)ccc1-c1nc(NCC(c2ccccc2)c2ccccc2)c2ccccc2n1. The Morgan fingerprint density at radius 3 is 2.03 bits per heavy atom. The summed E-state index contributed by atoms with van der Waals surface area (Å²) in [5.41, 5.74) is 10.9. The van der Waals surface area contributed by atoms with Gasteiger partial charge in [0.05, 0.1) is 11.2 Å². The van der Waals surface area contributed by atoms with E-state index in [1.807, 2.05) is 43.3 Å². The van der Waals surface area contributed by atoms with Crippen molar-refractivity contribution in [2.75, 3.05) is 17.6 Å². The molecule has 0 atom stereocenters. The number of fused-ring (bicyclic) bond motifs is 1. The van der Waals surface area contributed by atoms with Gasteiger partial charge >= 0.3 is 0 Å². The summed E-state index contributed by atoms with van der Waals surface area (Å²) in [7, 11) is 0. The van der Waals surface area contributed by atoms with Gasteiger partial charge in [0.2, 0.25) is 0 Å². The lowest BCUT2D eigenvalue weighted by atomic mass is 9.91. The molecule has 5 rings (SSSR count). The molecule has 0 unspecified atom stereocenters. The van der Waals surface area contributed by atoms with Crippen LogP contribution in [-0.4, -0.2) is 21.5 Å². The molecule has 162 valence electrons. The first kappa shape index (κ1) is 20.6. The molecule has 0 bridgehead atoms. The number of rotatable bonds is 6. The Labute approximate surface area is 193 Å². The van der Waals surface area contributed by atoms with Crippen LogP contribution in [0.4, 0.5) is 11.6 Å². The normalized spacial score (nSPS) is 11.1. The molecule has 5 nitrogen and oxygen atoms in total. The van der Waals surface area contributed by atoms with Gasteiger partial charge in [0.1, 0.15) is 11.6 Å². The van der Waals surface area contributed by atoms with Crippen molar-refractivity contribution in [2.45, 2.75) is 12.8 Å². The molecular weight excluding hydrogens is 406 g/mol. The molecule has 2 aromatic heterocycles. The highest BCUT2D eigenvalue weighted by atomic mass is 15.0. The maximum Gasteiger partial charge on any atom is 0.163 e. The van der Waals surface area contributed by atoms with Crippen molar-refractivity contribution in [3.63, 3.8) is 0 Å². The van der Waals surface area contributed by atoms with Crippen LogP contribution in [0.5, 0.6) is 0 Å². The summed E-state index contributed by atoms with van der Waals surface area (Å²) in [4.78, 5) is 14.1. The molecule has 0 aliphatic carbocycles. The van der Waals surface area contributed by atoms with Gasteiger partial charge in [0.15, 0.2) is 5.82 Å². The second-order valence-corrected chi connectivity index (χ2v) is 8.04. The number of nitrogens with zero attached hydrogens (tertiary/aromatic N) is 3. The molecule has 3 N–H and O–H groups in total. The fraction of sp³-hybridized carbons (Fsp3) is 0.107. The molecule has 0 fully saturated rings. The minimum atomic E-state index is 0.185. The van der Waals surface area contributed by atoms with Gasteiger partial charge in [-0.15, -0.1) is 0 Å². The quantitative estimate of drug-likeness (QED) is 0.354. The lowest BCUT2D eigenvalue weighted by Crippen LogP contribution is -2.15. The van der Waals surface area contributed by atoms with Crippen LogP contribution in [0.15, 0.2) is 97.1 Å². The highest BCUT2D eigenvalue weighted by molar-refractivity contribution is 5.90. The van der Waals surface area contributed by atoms with Crippen molar-refractivity contribution >= 4 is 22.5 Å². The van der Waals surface area contributed by atoms with Crippen molar-refractivity contribution in [1.29, 1.82) is 0 Å². The van der Waals surface area contributed by atoms with E-state index in [1.54, 1.807) is 6.07 Å². The van der Waals surface area contributed by atoms with E-state index in [0.29, 0.717) is 18.2 Å². The summed E-state index contributed by atoms with van der Waals surface area (Å²) >= 11 is 0. The smallest absolute Gasteiger partial charge is 0.163 e. The maximum absolute atomic E-state index is 5.85. The van der Waals surface area contributed by atoms with Gasteiger partial charge in [-0.1, -0.05) is 72.8 Å². The van der Waals surface area contributed by atoms with Crippen molar-refractivity contribution in [1.82, 2.24) is 15.0 Å². The summed E-state index contributed by atoms with van der Waals surface area (Å²) in [6.07, 6.45) is 0. The Morgan fingerprint density at radius 1 is 0.727 bits per heavy atom. The molecule has 0 saturated heterocycles. The van der Waals surface area contributed by atoms with Gasteiger partial charge in [0.25, 0.3) is 0 Å². The van der Waals surface area contributed by atoms with Crippen LogP contribution in [0.2, 0.25) is 0 Å². The minimum Gasteiger partial charge on any atom is -0.384 e. The Bertz CT molecular complexity index is 1340. The highest BCUT2D eigenvalue weighted by Gasteiger charge is 2.16. The third-order valence-electron chi connectivity index (χ3n) is 5.83. The van der Waals surface area contributed by atoms with Gasteiger partial charge in [-0.2, -0.15) is 0 Å². The van der Waals surface area contributed by atoms with E-state index in [1.165, 1.54) is 11.1 Å². The molecule has 0 radical (unpaired) electrons. The summed E-state index contributed by atoms with van der Waals surface area (Å²) in [6, 6.07) is 32.9. The number of anilines is 2. The van der Waals surface area contributed by atoms with E-state index in [9.17, 15) is 0 Å². The molecule has 5 aromatic rings. The third-order valence-corrected chi connectivity index (χ3v) is 5.83. The largest absolute Gasteiger partial charge is 0.384 e. The predicted molar refractivity (Wildman–Crippen MR) is 135 cm³/mol. The van der Waals surface area contributed by atoms with E-state index < -0.39 is 0 Å². The Kier molecular flexibility index (Phi) is 5.68. The molecular formula is C28H25N5. The van der Waals surface area contributed by atoms with Gasteiger partial charge in [0, 0.05) is 23.4 Å². The predicted octanol–water partition coefficient (Wildman–Crippen LogP) is 5.83. The first-order valence-corrected chi connectivity index (χ1v) is 11.0. The number of benzene rings is 3.